The molecule has 0 spiro atoms. The zero-order valence-corrected chi connectivity index (χ0v) is 11.6. The summed E-state index contributed by atoms with van der Waals surface area (Å²) in [5.74, 6) is 0. The van der Waals surface area contributed by atoms with Crippen LogP contribution in [0.4, 0.5) is 0 Å². The van der Waals surface area contributed by atoms with Gasteiger partial charge >= 0.3 is 0 Å². The van der Waals surface area contributed by atoms with Crippen LogP contribution in [0, 0.1) is 0 Å². The Hall–Kier alpha value is -1.97. The van der Waals surface area contributed by atoms with E-state index in [4.69, 9.17) is 17.3 Å². The molecule has 1 aromatic heterocycles. The summed E-state index contributed by atoms with van der Waals surface area (Å²) in [6.45, 7) is 0. The number of hydrogen-bond acceptors (Lipinski definition) is 3. The van der Waals surface area contributed by atoms with Crippen molar-refractivity contribution < 1.29 is 0 Å². The predicted octanol–water partition coefficient (Wildman–Crippen LogP) is 3.53. The third kappa shape index (κ3) is 2.79. The van der Waals surface area contributed by atoms with Gasteiger partial charge in [0.25, 0.3) is 0 Å². The Bertz CT molecular complexity index is 725. The van der Waals surface area contributed by atoms with Gasteiger partial charge in [-0.05, 0) is 41.8 Å². The second kappa shape index (κ2) is 5.57. The summed E-state index contributed by atoms with van der Waals surface area (Å²) in [6, 6.07) is 13.7. The van der Waals surface area contributed by atoms with Crippen LogP contribution in [-0.4, -0.2) is 9.97 Å². The van der Waals surface area contributed by atoms with Crippen molar-refractivity contribution in [3.8, 4) is 0 Å². The smallest absolute Gasteiger partial charge is 0.0890 e. The number of benzene rings is 2. The topological polar surface area (TPSA) is 51.8 Å². The number of nitrogens with two attached hydrogens (primary N) is 1. The predicted molar refractivity (Wildman–Crippen MR) is 81.6 cm³/mol. The van der Waals surface area contributed by atoms with Gasteiger partial charge in [-0.2, -0.15) is 0 Å². The van der Waals surface area contributed by atoms with Gasteiger partial charge in [0.05, 0.1) is 11.0 Å². The van der Waals surface area contributed by atoms with Crippen LogP contribution in [0.2, 0.25) is 5.02 Å². The lowest BCUT2D eigenvalue weighted by Gasteiger charge is -2.12. The largest absolute Gasteiger partial charge is 0.324 e. The standard InChI is InChI=1S/C16H14ClN3/c17-13-4-1-11(2-5-13)9-14(18)12-3-6-15-16(10-12)20-8-7-19-15/h1-8,10,14H,9,18H2. The van der Waals surface area contributed by atoms with Crippen molar-refractivity contribution in [1.82, 2.24) is 9.97 Å². The molecule has 1 unspecified atom stereocenters. The maximum absolute atomic E-state index is 6.27. The van der Waals surface area contributed by atoms with E-state index >= 15 is 0 Å². The minimum Gasteiger partial charge on any atom is -0.324 e. The summed E-state index contributed by atoms with van der Waals surface area (Å²) in [4.78, 5) is 8.56. The molecule has 0 aliphatic rings. The molecular weight excluding hydrogens is 270 g/mol. The molecule has 0 fully saturated rings. The Morgan fingerprint density at radius 3 is 2.40 bits per heavy atom. The van der Waals surface area contributed by atoms with Gasteiger partial charge in [-0.15, -0.1) is 0 Å². The van der Waals surface area contributed by atoms with Crippen LogP contribution in [0.5, 0.6) is 0 Å². The van der Waals surface area contributed by atoms with E-state index in [-0.39, 0.29) is 6.04 Å². The molecule has 0 aliphatic heterocycles. The number of halogens is 1. The number of fused-ring (bicyclic) bond motifs is 1. The van der Waals surface area contributed by atoms with Crippen LogP contribution in [0.15, 0.2) is 54.9 Å². The molecule has 100 valence electrons. The molecule has 0 aliphatic carbocycles. The van der Waals surface area contributed by atoms with E-state index in [1.807, 2.05) is 42.5 Å². The monoisotopic (exact) mass is 283 g/mol. The third-order valence-corrected chi connectivity index (χ3v) is 3.54. The van der Waals surface area contributed by atoms with Gasteiger partial charge in [-0.25, -0.2) is 0 Å². The molecule has 1 heterocycles. The van der Waals surface area contributed by atoms with Crippen LogP contribution in [0.3, 0.4) is 0 Å². The van der Waals surface area contributed by atoms with E-state index in [2.05, 4.69) is 9.97 Å². The summed E-state index contributed by atoms with van der Waals surface area (Å²) in [5.41, 5.74) is 10.3. The number of rotatable bonds is 3. The fourth-order valence-corrected chi connectivity index (χ4v) is 2.33. The molecule has 0 saturated carbocycles. The van der Waals surface area contributed by atoms with E-state index in [0.29, 0.717) is 0 Å². The molecule has 3 aromatic rings. The van der Waals surface area contributed by atoms with Crippen LogP contribution < -0.4 is 5.73 Å². The normalized spacial score (nSPS) is 12.5. The zero-order valence-electron chi connectivity index (χ0n) is 10.8. The highest BCUT2D eigenvalue weighted by Crippen LogP contribution is 2.20. The molecule has 20 heavy (non-hydrogen) atoms. The molecule has 4 heteroatoms. The van der Waals surface area contributed by atoms with Crippen molar-refractivity contribution in [2.75, 3.05) is 0 Å². The van der Waals surface area contributed by atoms with Gasteiger partial charge < -0.3 is 5.73 Å². The maximum atomic E-state index is 6.27. The van der Waals surface area contributed by atoms with E-state index in [9.17, 15) is 0 Å². The molecular formula is C16H14ClN3. The lowest BCUT2D eigenvalue weighted by atomic mass is 9.99. The molecule has 0 radical (unpaired) electrons. The van der Waals surface area contributed by atoms with Crippen molar-refractivity contribution >= 4 is 22.6 Å². The second-order valence-electron chi connectivity index (χ2n) is 4.74. The first-order valence-electron chi connectivity index (χ1n) is 6.43. The van der Waals surface area contributed by atoms with Crippen LogP contribution in [0.25, 0.3) is 11.0 Å². The highest BCUT2D eigenvalue weighted by molar-refractivity contribution is 6.30. The average Bonchev–Trinajstić information content (AvgIpc) is 2.49. The van der Waals surface area contributed by atoms with E-state index < -0.39 is 0 Å². The quantitative estimate of drug-likeness (QED) is 0.800. The van der Waals surface area contributed by atoms with Crippen molar-refractivity contribution in [3.63, 3.8) is 0 Å². The fourth-order valence-electron chi connectivity index (χ4n) is 2.20. The number of nitrogens with zero attached hydrogens (tertiary/aromatic N) is 2. The van der Waals surface area contributed by atoms with E-state index in [0.717, 1.165) is 28.0 Å². The molecule has 2 aromatic carbocycles. The first-order chi connectivity index (χ1) is 9.72. The van der Waals surface area contributed by atoms with E-state index in [1.54, 1.807) is 12.4 Å². The summed E-state index contributed by atoms with van der Waals surface area (Å²) in [6.07, 6.45) is 4.15. The van der Waals surface area contributed by atoms with Crippen molar-refractivity contribution in [2.24, 2.45) is 5.73 Å². The molecule has 1 atom stereocenters. The highest BCUT2D eigenvalue weighted by atomic mass is 35.5. The van der Waals surface area contributed by atoms with Gasteiger partial charge in [0.1, 0.15) is 0 Å². The lowest BCUT2D eigenvalue weighted by molar-refractivity contribution is 0.723. The number of hydrogen-bond donors (Lipinski definition) is 1. The van der Waals surface area contributed by atoms with Gasteiger partial charge in [0.15, 0.2) is 0 Å². The third-order valence-electron chi connectivity index (χ3n) is 3.29. The van der Waals surface area contributed by atoms with Gasteiger partial charge in [-0.3, -0.25) is 9.97 Å². The molecule has 3 nitrogen and oxygen atoms in total. The molecule has 3 rings (SSSR count). The Labute approximate surface area is 122 Å². The van der Waals surface area contributed by atoms with Gasteiger partial charge in [0, 0.05) is 23.5 Å². The first kappa shape index (κ1) is 13.0. The van der Waals surface area contributed by atoms with Crippen molar-refractivity contribution in [2.45, 2.75) is 12.5 Å². The van der Waals surface area contributed by atoms with E-state index in [1.165, 1.54) is 5.56 Å². The molecule has 0 amide bonds. The zero-order chi connectivity index (χ0) is 13.9. The van der Waals surface area contributed by atoms with Crippen molar-refractivity contribution in [1.29, 1.82) is 0 Å². The summed E-state index contributed by atoms with van der Waals surface area (Å²) in [5, 5.41) is 0.739. The average molecular weight is 284 g/mol. The maximum Gasteiger partial charge on any atom is 0.0890 e. The highest BCUT2D eigenvalue weighted by Gasteiger charge is 2.08. The molecule has 0 bridgehead atoms. The van der Waals surface area contributed by atoms with Gasteiger partial charge in [0.2, 0.25) is 0 Å². The molecule has 2 N–H and O–H groups in total. The Morgan fingerprint density at radius 2 is 1.65 bits per heavy atom. The Balaban J connectivity index is 1.84. The summed E-state index contributed by atoms with van der Waals surface area (Å²) < 4.78 is 0. The Kier molecular flexibility index (Phi) is 3.63. The number of aromatic nitrogens is 2. The van der Waals surface area contributed by atoms with Crippen LogP contribution in [0.1, 0.15) is 17.2 Å². The fraction of sp³-hybridized carbons (Fsp3) is 0.125. The Morgan fingerprint density at radius 1 is 0.950 bits per heavy atom. The molecule has 0 saturated heterocycles. The summed E-state index contributed by atoms with van der Waals surface area (Å²) in [7, 11) is 0. The van der Waals surface area contributed by atoms with Crippen molar-refractivity contribution in [3.05, 3.63) is 71.0 Å². The lowest BCUT2D eigenvalue weighted by Crippen LogP contribution is -2.13. The minimum absolute atomic E-state index is 0.0671. The van der Waals surface area contributed by atoms with Crippen LogP contribution in [-0.2, 0) is 6.42 Å². The minimum atomic E-state index is -0.0671. The first-order valence-corrected chi connectivity index (χ1v) is 6.81. The SMILES string of the molecule is NC(Cc1ccc(Cl)cc1)c1ccc2nccnc2c1. The summed E-state index contributed by atoms with van der Waals surface area (Å²) >= 11 is 5.88. The van der Waals surface area contributed by atoms with Crippen LogP contribution >= 0.6 is 11.6 Å². The second-order valence-corrected chi connectivity index (χ2v) is 5.18. The van der Waals surface area contributed by atoms with Gasteiger partial charge in [-0.1, -0.05) is 29.8 Å².